The molecule has 0 aliphatic heterocycles. The first-order chi connectivity index (χ1) is 8.60. The Balaban J connectivity index is 3.22. The lowest BCUT2D eigenvalue weighted by molar-refractivity contribution is -0.274. The molecule has 0 spiro atoms. The predicted molar refractivity (Wildman–Crippen MR) is 60.4 cm³/mol. The Bertz CT molecular complexity index is 473. The van der Waals surface area contributed by atoms with Crippen LogP contribution in [0.1, 0.15) is 29.3 Å². The number of hydrogen-bond donors (Lipinski definition) is 0. The highest BCUT2D eigenvalue weighted by molar-refractivity contribution is 9.09. The van der Waals surface area contributed by atoms with Gasteiger partial charge in [0.25, 0.3) is 6.43 Å². The average molecular weight is 347 g/mol. The maximum absolute atomic E-state index is 12.6. The maximum atomic E-state index is 12.6. The number of benzene rings is 1. The molecule has 0 N–H and O–H groups in total. The van der Waals surface area contributed by atoms with E-state index in [1.807, 2.05) is 0 Å². The molecule has 0 amide bonds. The smallest absolute Gasteiger partial charge is 0.406 e. The minimum atomic E-state index is -4.99. The molecule has 0 aromatic heterocycles. The highest BCUT2D eigenvalue weighted by Crippen LogP contribution is 2.34. The third-order valence-corrected chi connectivity index (χ3v) is 3.26. The van der Waals surface area contributed by atoms with Crippen LogP contribution in [0.5, 0.6) is 5.75 Å². The van der Waals surface area contributed by atoms with Crippen LogP contribution in [0.25, 0.3) is 0 Å². The van der Waals surface area contributed by atoms with Gasteiger partial charge in [-0.3, -0.25) is 4.79 Å². The molecule has 1 aromatic rings. The zero-order valence-electron chi connectivity index (χ0n) is 9.47. The highest BCUT2D eigenvalue weighted by Gasteiger charge is 2.32. The lowest BCUT2D eigenvalue weighted by Crippen LogP contribution is -2.17. The summed E-state index contributed by atoms with van der Waals surface area (Å²) in [5.74, 6) is -1.21. The van der Waals surface area contributed by atoms with Crippen LogP contribution < -0.4 is 4.74 Å². The first-order valence-electron chi connectivity index (χ1n) is 4.93. The second-order valence-corrected chi connectivity index (χ2v) is 4.57. The fraction of sp³-hybridized carbons (Fsp3) is 0.364. The van der Waals surface area contributed by atoms with Gasteiger partial charge in [-0.15, -0.1) is 13.2 Å². The third-order valence-electron chi connectivity index (χ3n) is 2.09. The van der Waals surface area contributed by atoms with Crippen molar-refractivity contribution in [1.29, 1.82) is 0 Å². The van der Waals surface area contributed by atoms with E-state index in [1.54, 1.807) is 0 Å². The van der Waals surface area contributed by atoms with Crippen LogP contribution in [0, 0.1) is 0 Å². The number of alkyl halides is 6. The Kier molecular flexibility index (Phi) is 4.89. The Morgan fingerprint density at radius 1 is 1.21 bits per heavy atom. The summed E-state index contributed by atoms with van der Waals surface area (Å²) in [7, 11) is 0. The number of Topliss-reactive ketones (excluding diaryl/α,β-unsaturated/α-hetero) is 1. The third kappa shape index (κ3) is 4.77. The van der Waals surface area contributed by atoms with Crippen LogP contribution >= 0.6 is 15.9 Å². The molecule has 1 unspecified atom stereocenters. The highest BCUT2D eigenvalue weighted by atomic mass is 79.9. The van der Waals surface area contributed by atoms with Gasteiger partial charge < -0.3 is 4.74 Å². The van der Waals surface area contributed by atoms with E-state index < -0.39 is 34.7 Å². The van der Waals surface area contributed by atoms with E-state index >= 15 is 0 Å². The van der Waals surface area contributed by atoms with Crippen LogP contribution in [0.4, 0.5) is 22.0 Å². The van der Waals surface area contributed by atoms with Crippen LogP contribution in [-0.4, -0.2) is 12.1 Å². The summed E-state index contributed by atoms with van der Waals surface area (Å²) in [6.07, 6.45) is -7.96. The van der Waals surface area contributed by atoms with E-state index in [1.165, 1.54) is 6.92 Å². The summed E-state index contributed by atoms with van der Waals surface area (Å²) >= 11 is 2.92. The molecule has 0 aliphatic carbocycles. The van der Waals surface area contributed by atoms with Gasteiger partial charge >= 0.3 is 6.36 Å². The number of rotatable bonds is 4. The van der Waals surface area contributed by atoms with Crippen molar-refractivity contribution in [1.82, 2.24) is 0 Å². The van der Waals surface area contributed by atoms with Crippen molar-refractivity contribution in [2.24, 2.45) is 0 Å². The minimum absolute atomic E-state index is 0.0236. The molecule has 0 heterocycles. The van der Waals surface area contributed by atoms with Gasteiger partial charge in [0.05, 0.1) is 4.83 Å². The topological polar surface area (TPSA) is 26.3 Å². The number of ketones is 1. The van der Waals surface area contributed by atoms with Gasteiger partial charge in [0.15, 0.2) is 0 Å². The summed E-state index contributed by atoms with van der Waals surface area (Å²) < 4.78 is 65.0. The zero-order chi connectivity index (χ0) is 14.8. The molecular formula is C11H8BrF5O2. The fourth-order valence-corrected chi connectivity index (χ4v) is 1.61. The summed E-state index contributed by atoms with van der Waals surface area (Å²) in [4.78, 5) is 10.2. The molecule has 0 aliphatic rings. The van der Waals surface area contributed by atoms with E-state index in [0.29, 0.717) is 6.07 Å². The Hall–Kier alpha value is -1.18. The summed E-state index contributed by atoms with van der Waals surface area (Å²) in [6, 6.07) is 2.43. The quantitative estimate of drug-likeness (QED) is 0.590. The van der Waals surface area contributed by atoms with E-state index in [9.17, 15) is 26.7 Å². The molecule has 0 bridgehead atoms. The number of carbonyl (C=O) groups excluding carboxylic acids is 1. The molecule has 0 radical (unpaired) electrons. The summed E-state index contributed by atoms with van der Waals surface area (Å²) in [5, 5.41) is 0. The average Bonchev–Trinajstić information content (AvgIpc) is 2.24. The van der Waals surface area contributed by atoms with E-state index in [0.717, 1.165) is 12.1 Å². The second kappa shape index (κ2) is 5.85. The van der Waals surface area contributed by atoms with Gasteiger partial charge in [0.2, 0.25) is 0 Å². The van der Waals surface area contributed by atoms with Crippen LogP contribution in [0.2, 0.25) is 0 Å². The van der Waals surface area contributed by atoms with E-state index in [4.69, 9.17) is 0 Å². The molecule has 1 atom stereocenters. The SMILES string of the molecule is CC(=O)C(Br)c1cc(OC(F)(F)F)cc(C(F)F)c1. The van der Waals surface area contributed by atoms with Crippen molar-refractivity contribution in [3.8, 4) is 5.75 Å². The molecule has 106 valence electrons. The van der Waals surface area contributed by atoms with Crippen LogP contribution in [0.15, 0.2) is 18.2 Å². The molecule has 0 saturated heterocycles. The van der Waals surface area contributed by atoms with E-state index in [2.05, 4.69) is 20.7 Å². The number of ether oxygens (including phenoxy) is 1. The zero-order valence-corrected chi connectivity index (χ0v) is 11.1. The van der Waals surface area contributed by atoms with Crippen LogP contribution in [0.3, 0.4) is 0 Å². The maximum Gasteiger partial charge on any atom is 0.573 e. The predicted octanol–water partition coefficient (Wildman–Crippen LogP) is 4.55. The van der Waals surface area contributed by atoms with Gasteiger partial charge in [0, 0.05) is 5.56 Å². The Labute approximate surface area is 113 Å². The largest absolute Gasteiger partial charge is 0.573 e. The molecule has 8 heteroatoms. The molecular weight excluding hydrogens is 339 g/mol. The molecule has 0 saturated carbocycles. The number of halogens is 6. The summed E-state index contributed by atoms with van der Waals surface area (Å²) in [5.41, 5.74) is -0.674. The van der Waals surface area contributed by atoms with Crippen molar-refractivity contribution in [2.75, 3.05) is 0 Å². The molecule has 0 fully saturated rings. The van der Waals surface area contributed by atoms with Crippen molar-refractivity contribution in [3.05, 3.63) is 29.3 Å². The Morgan fingerprint density at radius 3 is 2.16 bits per heavy atom. The Morgan fingerprint density at radius 2 is 1.74 bits per heavy atom. The van der Waals surface area contributed by atoms with Gasteiger partial charge in [-0.25, -0.2) is 8.78 Å². The normalized spacial score (nSPS) is 13.5. The fourth-order valence-electron chi connectivity index (χ4n) is 1.35. The van der Waals surface area contributed by atoms with Crippen molar-refractivity contribution < 1.29 is 31.5 Å². The monoisotopic (exact) mass is 346 g/mol. The van der Waals surface area contributed by atoms with Gasteiger partial charge in [0.1, 0.15) is 11.5 Å². The minimum Gasteiger partial charge on any atom is -0.406 e. The molecule has 1 rings (SSSR count). The summed E-state index contributed by atoms with van der Waals surface area (Å²) in [6.45, 7) is 1.18. The van der Waals surface area contributed by atoms with Crippen molar-refractivity contribution >= 4 is 21.7 Å². The van der Waals surface area contributed by atoms with Crippen molar-refractivity contribution in [3.63, 3.8) is 0 Å². The van der Waals surface area contributed by atoms with Crippen LogP contribution in [-0.2, 0) is 4.79 Å². The number of carbonyl (C=O) groups is 1. The first kappa shape index (κ1) is 15.9. The van der Waals surface area contributed by atoms with Crippen molar-refractivity contribution in [2.45, 2.75) is 24.5 Å². The van der Waals surface area contributed by atoms with Gasteiger partial charge in [-0.05, 0) is 30.7 Å². The molecule has 19 heavy (non-hydrogen) atoms. The lowest BCUT2D eigenvalue weighted by Gasteiger charge is -2.14. The standard InChI is InChI=1S/C11H8BrF5O2/c1-5(18)9(12)6-2-7(10(13)14)4-8(3-6)19-11(15,16)17/h2-4,9-10H,1H3. The lowest BCUT2D eigenvalue weighted by atomic mass is 10.1. The molecule has 2 nitrogen and oxygen atoms in total. The van der Waals surface area contributed by atoms with Gasteiger partial charge in [-0.2, -0.15) is 0 Å². The second-order valence-electron chi connectivity index (χ2n) is 3.66. The van der Waals surface area contributed by atoms with Gasteiger partial charge in [-0.1, -0.05) is 15.9 Å². The first-order valence-corrected chi connectivity index (χ1v) is 5.85. The number of hydrogen-bond acceptors (Lipinski definition) is 2. The molecule has 1 aromatic carbocycles. The van der Waals surface area contributed by atoms with E-state index in [-0.39, 0.29) is 5.56 Å².